The Kier molecular flexibility index (Phi) is 8.32. The van der Waals surface area contributed by atoms with Gasteiger partial charge in [0, 0.05) is 19.5 Å². The molecule has 0 atom stereocenters. The van der Waals surface area contributed by atoms with Crippen LogP contribution in [-0.4, -0.2) is 55.2 Å². The first-order valence-electron chi connectivity index (χ1n) is 10.1. The van der Waals surface area contributed by atoms with E-state index in [0.29, 0.717) is 30.9 Å². The van der Waals surface area contributed by atoms with E-state index >= 15 is 0 Å². The second kappa shape index (κ2) is 10.7. The smallest absolute Gasteiger partial charge is 0.410 e. The summed E-state index contributed by atoms with van der Waals surface area (Å²) in [7, 11) is 1.55. The van der Waals surface area contributed by atoms with Crippen molar-refractivity contribution in [3.8, 4) is 5.75 Å². The molecular formula is C21H32N4O5. The fraction of sp³-hybridized carbons (Fsp3) is 0.571. The summed E-state index contributed by atoms with van der Waals surface area (Å²) in [4.78, 5) is 37.8. The molecule has 2 rings (SSSR count). The monoisotopic (exact) mass is 420 g/mol. The van der Waals surface area contributed by atoms with Gasteiger partial charge in [0.1, 0.15) is 11.4 Å². The van der Waals surface area contributed by atoms with E-state index < -0.39 is 5.60 Å². The van der Waals surface area contributed by atoms with Crippen LogP contribution >= 0.6 is 0 Å². The van der Waals surface area contributed by atoms with Gasteiger partial charge in [-0.2, -0.15) is 0 Å². The maximum Gasteiger partial charge on any atom is 0.410 e. The van der Waals surface area contributed by atoms with Crippen molar-refractivity contribution in [2.45, 2.75) is 45.6 Å². The summed E-state index contributed by atoms with van der Waals surface area (Å²) in [5.41, 5.74) is 5.02. The van der Waals surface area contributed by atoms with Crippen LogP contribution in [0.25, 0.3) is 0 Å². The number of hydrogen-bond donors (Lipinski definition) is 3. The second-order valence-electron chi connectivity index (χ2n) is 8.27. The second-order valence-corrected chi connectivity index (χ2v) is 8.27. The molecule has 9 nitrogen and oxygen atoms in total. The van der Waals surface area contributed by atoms with Crippen LogP contribution in [0.5, 0.6) is 5.75 Å². The van der Waals surface area contributed by atoms with E-state index in [1.807, 2.05) is 32.9 Å². The number of nitrogens with zero attached hydrogens (tertiary/aromatic N) is 1. The molecule has 1 aromatic carbocycles. The molecule has 3 N–H and O–H groups in total. The van der Waals surface area contributed by atoms with Crippen LogP contribution in [0.4, 0.5) is 10.5 Å². The molecule has 9 heteroatoms. The van der Waals surface area contributed by atoms with E-state index in [4.69, 9.17) is 9.47 Å². The Balaban J connectivity index is 1.65. The number of para-hydroxylation sites is 2. The van der Waals surface area contributed by atoms with Crippen molar-refractivity contribution >= 4 is 23.6 Å². The summed E-state index contributed by atoms with van der Waals surface area (Å²) in [6.45, 7) is 6.62. The number of carbonyl (C=O) groups is 3. The highest BCUT2D eigenvalue weighted by atomic mass is 16.6. The molecule has 3 amide bonds. The van der Waals surface area contributed by atoms with Gasteiger partial charge in [0.25, 0.3) is 5.91 Å². The van der Waals surface area contributed by atoms with Gasteiger partial charge in [-0.25, -0.2) is 4.79 Å². The standard InChI is InChI=1S/C21H32N4O5/c1-21(2,3)30-20(28)25-11-9-15(10-12-25)13-18(26)23-24-19(27)14-22-16-7-5-6-8-17(16)29-4/h5-8,15,22H,9-14H2,1-4H3,(H,23,26)(H,24,27). The Labute approximate surface area is 177 Å². The topological polar surface area (TPSA) is 109 Å². The molecule has 0 aromatic heterocycles. The number of piperidine rings is 1. The lowest BCUT2D eigenvalue weighted by atomic mass is 9.93. The molecule has 30 heavy (non-hydrogen) atoms. The predicted octanol–water partition coefficient (Wildman–Crippen LogP) is 2.29. The molecule has 166 valence electrons. The first-order valence-corrected chi connectivity index (χ1v) is 10.1. The van der Waals surface area contributed by atoms with Gasteiger partial charge in [-0.15, -0.1) is 0 Å². The lowest BCUT2D eigenvalue weighted by molar-refractivity contribution is -0.128. The van der Waals surface area contributed by atoms with Gasteiger partial charge in [0.15, 0.2) is 0 Å². The van der Waals surface area contributed by atoms with Crippen molar-refractivity contribution in [1.29, 1.82) is 0 Å². The molecule has 1 fully saturated rings. The van der Waals surface area contributed by atoms with Crippen LogP contribution in [0, 0.1) is 5.92 Å². The highest BCUT2D eigenvalue weighted by Gasteiger charge is 2.27. The van der Waals surface area contributed by atoms with Crippen molar-refractivity contribution < 1.29 is 23.9 Å². The van der Waals surface area contributed by atoms with Gasteiger partial charge in [-0.05, 0) is 51.7 Å². The lowest BCUT2D eigenvalue weighted by Crippen LogP contribution is -2.46. The number of likely N-dealkylation sites (tertiary alicyclic amines) is 1. The molecule has 0 spiro atoms. The van der Waals surface area contributed by atoms with Crippen LogP contribution in [0.15, 0.2) is 24.3 Å². The Morgan fingerprint density at radius 3 is 2.33 bits per heavy atom. The molecule has 1 aromatic rings. The molecule has 0 unspecified atom stereocenters. The number of amides is 3. The average Bonchev–Trinajstić information content (AvgIpc) is 2.70. The SMILES string of the molecule is COc1ccccc1NCC(=O)NNC(=O)CC1CCN(C(=O)OC(C)(C)C)CC1. The quantitative estimate of drug-likeness (QED) is 0.610. The molecule has 0 aliphatic carbocycles. The first kappa shape index (κ1) is 23.3. The molecular weight excluding hydrogens is 388 g/mol. The van der Waals surface area contributed by atoms with Gasteiger partial charge in [-0.1, -0.05) is 12.1 Å². The summed E-state index contributed by atoms with van der Waals surface area (Å²) < 4.78 is 10.6. The third kappa shape index (κ3) is 7.81. The number of hydrazine groups is 1. The zero-order valence-corrected chi connectivity index (χ0v) is 18.1. The van der Waals surface area contributed by atoms with Crippen LogP contribution in [0.3, 0.4) is 0 Å². The number of benzene rings is 1. The number of ether oxygens (including phenoxy) is 2. The lowest BCUT2D eigenvalue weighted by Gasteiger charge is -2.33. The van der Waals surface area contributed by atoms with E-state index in [9.17, 15) is 14.4 Å². The zero-order valence-electron chi connectivity index (χ0n) is 18.1. The minimum Gasteiger partial charge on any atom is -0.495 e. The van der Waals surface area contributed by atoms with Crippen molar-refractivity contribution in [2.24, 2.45) is 5.92 Å². The molecule has 0 bridgehead atoms. The van der Waals surface area contributed by atoms with Crippen LogP contribution in [-0.2, 0) is 14.3 Å². The summed E-state index contributed by atoms with van der Waals surface area (Å²) in [6, 6.07) is 7.26. The van der Waals surface area contributed by atoms with Gasteiger partial charge >= 0.3 is 6.09 Å². The van der Waals surface area contributed by atoms with Crippen molar-refractivity contribution in [2.75, 3.05) is 32.1 Å². The van der Waals surface area contributed by atoms with E-state index in [1.54, 1.807) is 24.1 Å². The number of anilines is 1. The fourth-order valence-corrected chi connectivity index (χ4v) is 3.11. The number of carbonyl (C=O) groups excluding carboxylic acids is 3. The van der Waals surface area contributed by atoms with E-state index in [1.165, 1.54) is 0 Å². The Morgan fingerprint density at radius 1 is 1.07 bits per heavy atom. The number of methoxy groups -OCH3 is 1. The Morgan fingerprint density at radius 2 is 1.70 bits per heavy atom. The third-order valence-corrected chi connectivity index (χ3v) is 4.63. The van der Waals surface area contributed by atoms with Crippen LogP contribution in [0.2, 0.25) is 0 Å². The number of rotatable bonds is 6. The van der Waals surface area contributed by atoms with E-state index in [0.717, 1.165) is 12.8 Å². The highest BCUT2D eigenvalue weighted by molar-refractivity contribution is 5.84. The van der Waals surface area contributed by atoms with Crippen molar-refractivity contribution in [3.63, 3.8) is 0 Å². The van der Waals surface area contributed by atoms with E-state index in [-0.39, 0.29) is 30.4 Å². The van der Waals surface area contributed by atoms with Crippen LogP contribution < -0.4 is 20.9 Å². The number of nitrogens with one attached hydrogen (secondary N) is 3. The minimum atomic E-state index is -0.521. The van der Waals surface area contributed by atoms with Crippen LogP contribution in [0.1, 0.15) is 40.0 Å². The van der Waals surface area contributed by atoms with Gasteiger partial charge in [0.2, 0.25) is 5.91 Å². The minimum absolute atomic E-state index is 0.00503. The third-order valence-electron chi connectivity index (χ3n) is 4.63. The largest absolute Gasteiger partial charge is 0.495 e. The maximum absolute atomic E-state index is 12.1. The summed E-state index contributed by atoms with van der Waals surface area (Å²) in [5, 5.41) is 2.96. The molecule has 0 saturated carbocycles. The Bertz CT molecular complexity index is 739. The molecule has 1 saturated heterocycles. The zero-order chi connectivity index (χ0) is 22.1. The normalized spacial score (nSPS) is 14.6. The molecule has 0 radical (unpaired) electrons. The van der Waals surface area contributed by atoms with Gasteiger partial charge in [0.05, 0.1) is 19.3 Å². The molecule has 1 aliphatic rings. The fourth-order valence-electron chi connectivity index (χ4n) is 3.11. The summed E-state index contributed by atoms with van der Waals surface area (Å²) in [5.74, 6) is 0.171. The molecule has 1 aliphatic heterocycles. The molecule has 1 heterocycles. The van der Waals surface area contributed by atoms with Gasteiger partial charge < -0.3 is 19.7 Å². The highest BCUT2D eigenvalue weighted by Crippen LogP contribution is 2.23. The average molecular weight is 421 g/mol. The van der Waals surface area contributed by atoms with Gasteiger partial charge in [-0.3, -0.25) is 20.4 Å². The number of hydrogen-bond acceptors (Lipinski definition) is 6. The van der Waals surface area contributed by atoms with Crippen molar-refractivity contribution in [3.05, 3.63) is 24.3 Å². The summed E-state index contributed by atoms with van der Waals surface area (Å²) in [6.07, 6.45) is 1.41. The Hall–Kier alpha value is -2.97. The van der Waals surface area contributed by atoms with Crippen molar-refractivity contribution in [1.82, 2.24) is 15.8 Å². The predicted molar refractivity (Wildman–Crippen MR) is 113 cm³/mol. The summed E-state index contributed by atoms with van der Waals surface area (Å²) >= 11 is 0. The maximum atomic E-state index is 12.1. The van der Waals surface area contributed by atoms with E-state index in [2.05, 4.69) is 16.2 Å². The first-order chi connectivity index (χ1) is 14.2.